The molecule has 144 valence electrons. The van der Waals surface area contributed by atoms with Gasteiger partial charge in [0.25, 0.3) is 0 Å². The van der Waals surface area contributed by atoms with Crippen LogP contribution in [-0.4, -0.2) is 24.4 Å². The number of anilines is 1. The number of ether oxygens (including phenoxy) is 2. The SMILES string of the molecule is COc1ccc(C(Nc2cc(C)on2)c2c(C)[nH]c3ccccc23)cc1OC. The van der Waals surface area contributed by atoms with Crippen molar-refractivity contribution in [1.82, 2.24) is 10.1 Å². The number of H-pyrrole nitrogens is 1. The molecule has 2 aromatic carbocycles. The first-order valence-electron chi connectivity index (χ1n) is 9.09. The van der Waals surface area contributed by atoms with E-state index in [9.17, 15) is 0 Å². The quantitative estimate of drug-likeness (QED) is 0.495. The van der Waals surface area contributed by atoms with Crippen LogP contribution in [-0.2, 0) is 0 Å². The second-order valence-corrected chi connectivity index (χ2v) is 6.72. The Morgan fingerprint density at radius 2 is 1.79 bits per heavy atom. The van der Waals surface area contributed by atoms with Crippen molar-refractivity contribution < 1.29 is 14.0 Å². The molecule has 0 bridgehead atoms. The number of para-hydroxylation sites is 1. The second-order valence-electron chi connectivity index (χ2n) is 6.72. The maximum atomic E-state index is 5.52. The highest BCUT2D eigenvalue weighted by Gasteiger charge is 2.23. The Labute approximate surface area is 163 Å². The summed E-state index contributed by atoms with van der Waals surface area (Å²) in [4.78, 5) is 3.48. The molecular weight excluding hydrogens is 354 g/mol. The lowest BCUT2D eigenvalue weighted by molar-refractivity contribution is 0.354. The molecule has 0 aliphatic carbocycles. The van der Waals surface area contributed by atoms with Gasteiger partial charge >= 0.3 is 0 Å². The molecule has 0 radical (unpaired) electrons. The van der Waals surface area contributed by atoms with Crippen LogP contribution in [0.4, 0.5) is 5.82 Å². The largest absolute Gasteiger partial charge is 0.493 e. The molecule has 0 aliphatic rings. The summed E-state index contributed by atoms with van der Waals surface area (Å²) in [7, 11) is 3.28. The first kappa shape index (κ1) is 18.0. The second kappa shape index (κ2) is 7.31. The Morgan fingerprint density at radius 1 is 1.00 bits per heavy atom. The number of rotatable bonds is 6. The molecule has 1 unspecified atom stereocenters. The number of nitrogens with zero attached hydrogens (tertiary/aromatic N) is 1. The average molecular weight is 377 g/mol. The van der Waals surface area contributed by atoms with Gasteiger partial charge in [0.15, 0.2) is 17.3 Å². The minimum absolute atomic E-state index is 0.152. The number of hydrogen-bond acceptors (Lipinski definition) is 5. The highest BCUT2D eigenvalue weighted by Crippen LogP contribution is 2.37. The van der Waals surface area contributed by atoms with Crippen LogP contribution in [0.3, 0.4) is 0 Å². The van der Waals surface area contributed by atoms with Gasteiger partial charge in [-0.3, -0.25) is 0 Å². The van der Waals surface area contributed by atoms with Gasteiger partial charge in [0.1, 0.15) is 5.76 Å². The van der Waals surface area contributed by atoms with Crippen LogP contribution in [0.25, 0.3) is 10.9 Å². The molecule has 0 spiro atoms. The Balaban J connectivity index is 1.88. The standard InChI is InChI=1S/C22H23N3O3/c1-13-11-20(25-28-13)24-22(15-9-10-18(26-3)19(12-15)27-4)21-14(2)23-17-8-6-5-7-16(17)21/h5-12,22-23H,1-4H3,(H,24,25). The normalized spacial score (nSPS) is 12.1. The number of hydrogen-bond donors (Lipinski definition) is 2. The summed E-state index contributed by atoms with van der Waals surface area (Å²) in [6, 6.07) is 16.0. The first-order valence-corrected chi connectivity index (χ1v) is 9.09. The van der Waals surface area contributed by atoms with Crippen LogP contribution in [0.1, 0.15) is 28.6 Å². The summed E-state index contributed by atoms with van der Waals surface area (Å²) in [5, 5.41) is 8.80. The van der Waals surface area contributed by atoms with Gasteiger partial charge in [0.2, 0.25) is 0 Å². The van der Waals surface area contributed by atoms with Gasteiger partial charge in [0, 0.05) is 28.2 Å². The zero-order valence-corrected chi connectivity index (χ0v) is 16.4. The van der Waals surface area contributed by atoms with Gasteiger partial charge in [-0.2, -0.15) is 0 Å². The summed E-state index contributed by atoms with van der Waals surface area (Å²) in [5.74, 6) is 2.81. The van der Waals surface area contributed by atoms with Crippen LogP contribution >= 0.6 is 0 Å². The zero-order valence-electron chi connectivity index (χ0n) is 16.4. The summed E-state index contributed by atoms with van der Waals surface area (Å²) < 4.78 is 16.2. The molecule has 4 rings (SSSR count). The van der Waals surface area contributed by atoms with Gasteiger partial charge in [0.05, 0.1) is 20.3 Å². The first-order chi connectivity index (χ1) is 13.6. The lowest BCUT2D eigenvalue weighted by Crippen LogP contribution is -2.14. The Morgan fingerprint density at radius 3 is 2.50 bits per heavy atom. The lowest BCUT2D eigenvalue weighted by Gasteiger charge is -2.21. The molecule has 1 atom stereocenters. The predicted molar refractivity (Wildman–Crippen MR) is 109 cm³/mol. The third-order valence-corrected chi connectivity index (χ3v) is 4.89. The molecule has 2 aromatic heterocycles. The molecule has 0 saturated carbocycles. The van der Waals surface area contributed by atoms with E-state index in [4.69, 9.17) is 14.0 Å². The third-order valence-electron chi connectivity index (χ3n) is 4.89. The van der Waals surface area contributed by atoms with E-state index in [1.807, 2.05) is 43.3 Å². The van der Waals surface area contributed by atoms with Crippen molar-refractivity contribution in [1.29, 1.82) is 0 Å². The van der Waals surface area contributed by atoms with E-state index in [-0.39, 0.29) is 6.04 Å². The fourth-order valence-electron chi connectivity index (χ4n) is 3.61. The van der Waals surface area contributed by atoms with Crippen molar-refractivity contribution in [3.8, 4) is 11.5 Å². The summed E-state index contributed by atoms with van der Waals surface area (Å²) in [5.41, 5.74) is 4.38. The molecule has 6 nitrogen and oxygen atoms in total. The molecular formula is C22H23N3O3. The molecule has 2 heterocycles. The fourth-order valence-corrected chi connectivity index (χ4v) is 3.61. The number of aryl methyl sites for hydroxylation is 2. The predicted octanol–water partition coefficient (Wildman–Crippen LogP) is 4.99. The molecule has 28 heavy (non-hydrogen) atoms. The number of aromatic amines is 1. The Kier molecular flexibility index (Phi) is 4.69. The van der Waals surface area contributed by atoms with Crippen molar-refractivity contribution in [2.75, 3.05) is 19.5 Å². The summed E-state index contributed by atoms with van der Waals surface area (Å²) in [6.45, 7) is 3.96. The minimum atomic E-state index is -0.152. The average Bonchev–Trinajstić information content (AvgIpc) is 3.27. The molecule has 4 aromatic rings. The van der Waals surface area contributed by atoms with E-state index in [0.717, 1.165) is 33.5 Å². The maximum Gasteiger partial charge on any atom is 0.170 e. The van der Waals surface area contributed by atoms with E-state index in [1.165, 1.54) is 0 Å². The van der Waals surface area contributed by atoms with E-state index >= 15 is 0 Å². The number of benzene rings is 2. The van der Waals surface area contributed by atoms with Gasteiger partial charge < -0.3 is 24.3 Å². The van der Waals surface area contributed by atoms with Crippen molar-refractivity contribution in [3.05, 3.63) is 71.1 Å². The van der Waals surface area contributed by atoms with Crippen molar-refractivity contribution in [2.24, 2.45) is 0 Å². The number of nitrogens with one attached hydrogen (secondary N) is 2. The maximum absolute atomic E-state index is 5.52. The summed E-state index contributed by atoms with van der Waals surface area (Å²) >= 11 is 0. The van der Waals surface area contributed by atoms with Gasteiger partial charge in [-0.25, -0.2) is 0 Å². The van der Waals surface area contributed by atoms with Crippen LogP contribution < -0.4 is 14.8 Å². The molecule has 0 aliphatic heterocycles. The van der Waals surface area contributed by atoms with Crippen LogP contribution in [0.5, 0.6) is 11.5 Å². The topological polar surface area (TPSA) is 72.3 Å². The molecule has 2 N–H and O–H groups in total. The molecule has 6 heteroatoms. The monoisotopic (exact) mass is 377 g/mol. The van der Waals surface area contributed by atoms with Gasteiger partial charge in [-0.1, -0.05) is 29.4 Å². The minimum Gasteiger partial charge on any atom is -0.493 e. The van der Waals surface area contributed by atoms with Crippen molar-refractivity contribution >= 4 is 16.7 Å². The number of methoxy groups -OCH3 is 2. The van der Waals surface area contributed by atoms with E-state index < -0.39 is 0 Å². The van der Waals surface area contributed by atoms with Crippen molar-refractivity contribution in [3.63, 3.8) is 0 Å². The zero-order chi connectivity index (χ0) is 19.7. The van der Waals surface area contributed by atoms with E-state index in [1.54, 1.807) is 14.2 Å². The number of aromatic nitrogens is 2. The van der Waals surface area contributed by atoms with Gasteiger partial charge in [-0.05, 0) is 37.6 Å². The van der Waals surface area contributed by atoms with Crippen molar-refractivity contribution in [2.45, 2.75) is 19.9 Å². The Hall–Kier alpha value is -3.41. The molecule has 0 amide bonds. The third kappa shape index (κ3) is 3.17. The smallest absolute Gasteiger partial charge is 0.170 e. The van der Waals surface area contributed by atoms with Crippen LogP contribution in [0.15, 0.2) is 53.1 Å². The fraction of sp³-hybridized carbons (Fsp3) is 0.227. The molecule has 0 fully saturated rings. The summed E-state index contributed by atoms with van der Waals surface area (Å²) in [6.07, 6.45) is 0. The molecule has 0 saturated heterocycles. The van der Waals surface area contributed by atoms with Gasteiger partial charge in [-0.15, -0.1) is 0 Å². The lowest BCUT2D eigenvalue weighted by atomic mass is 9.95. The Bertz CT molecular complexity index is 1110. The van der Waals surface area contributed by atoms with Crippen LogP contribution in [0, 0.1) is 13.8 Å². The van der Waals surface area contributed by atoms with Crippen LogP contribution in [0.2, 0.25) is 0 Å². The van der Waals surface area contributed by atoms with E-state index in [2.05, 4.69) is 34.5 Å². The number of fused-ring (bicyclic) bond motifs is 1. The highest BCUT2D eigenvalue weighted by atomic mass is 16.5. The van der Waals surface area contributed by atoms with E-state index in [0.29, 0.717) is 17.3 Å². The highest BCUT2D eigenvalue weighted by molar-refractivity contribution is 5.86.